The van der Waals surface area contributed by atoms with E-state index in [4.69, 9.17) is 15.2 Å². The highest BCUT2D eigenvalue weighted by molar-refractivity contribution is 6.04. The second kappa shape index (κ2) is 5.27. The quantitative estimate of drug-likeness (QED) is 0.806. The lowest BCUT2D eigenvalue weighted by molar-refractivity contribution is -0.117. The van der Waals surface area contributed by atoms with Crippen LogP contribution in [0.15, 0.2) is 18.2 Å². The first kappa shape index (κ1) is 13.4. The molecular weight excluding hydrogens is 248 g/mol. The van der Waals surface area contributed by atoms with Gasteiger partial charge < -0.3 is 20.1 Å². The first-order valence-corrected chi connectivity index (χ1v) is 5.89. The first-order chi connectivity index (χ1) is 9.06. The van der Waals surface area contributed by atoms with E-state index >= 15 is 0 Å². The smallest absolute Gasteiger partial charge is 0.339 e. The van der Waals surface area contributed by atoms with Crippen molar-refractivity contribution in [3.8, 4) is 5.75 Å². The Morgan fingerprint density at radius 1 is 1.42 bits per heavy atom. The van der Waals surface area contributed by atoms with Gasteiger partial charge in [0.25, 0.3) is 0 Å². The Kier molecular flexibility index (Phi) is 3.71. The van der Waals surface area contributed by atoms with Gasteiger partial charge in [-0.25, -0.2) is 4.79 Å². The lowest BCUT2D eigenvalue weighted by Gasteiger charge is -2.19. The zero-order chi connectivity index (χ0) is 14.0. The van der Waals surface area contributed by atoms with Crippen molar-refractivity contribution >= 4 is 17.6 Å². The number of carbonyl (C=O) groups excluding carboxylic acids is 2. The number of nitrogens with zero attached hydrogens (tertiary/aromatic N) is 1. The van der Waals surface area contributed by atoms with E-state index in [9.17, 15) is 9.59 Å². The third-order valence-electron chi connectivity index (χ3n) is 3.06. The Bertz CT molecular complexity index is 515. The van der Waals surface area contributed by atoms with Gasteiger partial charge in [0, 0.05) is 25.1 Å². The maximum atomic E-state index is 11.9. The molecule has 0 spiro atoms. The van der Waals surface area contributed by atoms with E-state index in [2.05, 4.69) is 0 Å². The van der Waals surface area contributed by atoms with Gasteiger partial charge in [-0.05, 0) is 12.1 Å². The summed E-state index contributed by atoms with van der Waals surface area (Å²) in [6, 6.07) is 4.65. The number of methoxy groups -OCH3 is 2. The fraction of sp³-hybridized carbons (Fsp3) is 0.385. The highest BCUT2D eigenvalue weighted by Crippen LogP contribution is 2.29. The van der Waals surface area contributed by atoms with Crippen LogP contribution in [0.4, 0.5) is 5.69 Å². The number of nitrogens with two attached hydrogens (primary N) is 1. The minimum atomic E-state index is -0.495. The molecule has 1 saturated heterocycles. The summed E-state index contributed by atoms with van der Waals surface area (Å²) in [5, 5.41) is 0. The second-order valence-corrected chi connectivity index (χ2v) is 4.34. The number of ether oxygens (including phenoxy) is 2. The summed E-state index contributed by atoms with van der Waals surface area (Å²) in [5.41, 5.74) is 6.57. The fourth-order valence-corrected chi connectivity index (χ4v) is 2.11. The van der Waals surface area contributed by atoms with Crippen molar-refractivity contribution in [3.63, 3.8) is 0 Å². The number of esters is 1. The van der Waals surface area contributed by atoms with Gasteiger partial charge in [-0.15, -0.1) is 0 Å². The van der Waals surface area contributed by atoms with Crippen LogP contribution in [0.25, 0.3) is 0 Å². The third-order valence-corrected chi connectivity index (χ3v) is 3.06. The predicted octanol–water partition coefficient (Wildman–Crippen LogP) is 0.546. The molecule has 0 aromatic heterocycles. The number of hydrogen-bond acceptors (Lipinski definition) is 5. The molecule has 1 aliphatic heterocycles. The summed E-state index contributed by atoms with van der Waals surface area (Å²) in [4.78, 5) is 25.1. The van der Waals surface area contributed by atoms with Gasteiger partial charge in [0.2, 0.25) is 5.91 Å². The minimum absolute atomic E-state index is 0.106. The molecule has 0 saturated carbocycles. The molecule has 19 heavy (non-hydrogen) atoms. The van der Waals surface area contributed by atoms with Gasteiger partial charge in [-0.1, -0.05) is 0 Å². The Morgan fingerprint density at radius 3 is 2.68 bits per heavy atom. The van der Waals surface area contributed by atoms with Gasteiger partial charge in [0.1, 0.15) is 5.75 Å². The zero-order valence-corrected chi connectivity index (χ0v) is 10.9. The molecule has 0 radical (unpaired) electrons. The highest BCUT2D eigenvalue weighted by atomic mass is 16.5. The van der Waals surface area contributed by atoms with Crippen LogP contribution in [0, 0.1) is 0 Å². The molecule has 6 heteroatoms. The van der Waals surface area contributed by atoms with Crippen LogP contribution in [0.5, 0.6) is 5.75 Å². The number of amides is 1. The molecule has 2 rings (SSSR count). The standard InChI is InChI=1S/C13H16N2O4/c1-18-9-3-4-10(13(17)19-2)11(6-9)15-7-8(14)5-12(15)16/h3-4,6,8H,5,7,14H2,1-2H3. The molecule has 1 heterocycles. The Labute approximate surface area is 111 Å². The lowest BCUT2D eigenvalue weighted by atomic mass is 10.1. The van der Waals surface area contributed by atoms with Gasteiger partial charge in [-0.2, -0.15) is 0 Å². The van der Waals surface area contributed by atoms with Crippen molar-refractivity contribution in [2.45, 2.75) is 12.5 Å². The number of hydrogen-bond donors (Lipinski definition) is 1. The van der Waals surface area contributed by atoms with Crippen molar-refractivity contribution in [2.75, 3.05) is 25.7 Å². The number of rotatable bonds is 3. The van der Waals surface area contributed by atoms with Gasteiger partial charge in [0.05, 0.1) is 25.5 Å². The van der Waals surface area contributed by atoms with E-state index in [1.165, 1.54) is 19.1 Å². The van der Waals surface area contributed by atoms with Crippen LogP contribution in [0.1, 0.15) is 16.8 Å². The van der Waals surface area contributed by atoms with E-state index in [1.807, 2.05) is 0 Å². The summed E-state index contributed by atoms with van der Waals surface area (Å²) in [5.74, 6) is -0.0345. The van der Waals surface area contributed by atoms with Crippen molar-refractivity contribution < 1.29 is 19.1 Å². The van der Waals surface area contributed by atoms with Crippen LogP contribution < -0.4 is 15.4 Å². The van der Waals surface area contributed by atoms with Crippen LogP contribution in [-0.4, -0.2) is 38.7 Å². The van der Waals surface area contributed by atoms with Crippen LogP contribution in [0.2, 0.25) is 0 Å². The topological polar surface area (TPSA) is 81.9 Å². The van der Waals surface area contributed by atoms with Crippen molar-refractivity contribution in [2.24, 2.45) is 5.73 Å². The number of anilines is 1. The largest absolute Gasteiger partial charge is 0.497 e. The molecule has 2 N–H and O–H groups in total. The van der Waals surface area contributed by atoms with Crippen molar-refractivity contribution in [1.82, 2.24) is 0 Å². The van der Waals surface area contributed by atoms with E-state index in [1.54, 1.807) is 18.2 Å². The molecular formula is C13H16N2O4. The third kappa shape index (κ3) is 2.53. The van der Waals surface area contributed by atoms with Gasteiger partial charge in [0.15, 0.2) is 0 Å². The van der Waals surface area contributed by atoms with E-state index in [0.717, 1.165) is 0 Å². The van der Waals surface area contributed by atoms with Gasteiger partial charge in [-0.3, -0.25) is 4.79 Å². The van der Waals surface area contributed by atoms with E-state index < -0.39 is 5.97 Å². The fourth-order valence-electron chi connectivity index (χ4n) is 2.11. The molecule has 0 aliphatic carbocycles. The molecule has 1 unspecified atom stereocenters. The molecule has 102 valence electrons. The zero-order valence-electron chi connectivity index (χ0n) is 10.9. The summed E-state index contributed by atoms with van der Waals surface area (Å²) in [6.45, 7) is 0.385. The van der Waals surface area contributed by atoms with Crippen LogP contribution in [0.3, 0.4) is 0 Å². The van der Waals surface area contributed by atoms with Crippen LogP contribution in [-0.2, 0) is 9.53 Å². The normalized spacial score (nSPS) is 18.6. The molecule has 1 aromatic carbocycles. The molecule has 1 aliphatic rings. The van der Waals surface area contributed by atoms with Crippen LogP contribution >= 0.6 is 0 Å². The van der Waals surface area contributed by atoms with Gasteiger partial charge >= 0.3 is 5.97 Å². The summed E-state index contributed by atoms with van der Waals surface area (Å²) < 4.78 is 9.85. The molecule has 1 atom stereocenters. The maximum absolute atomic E-state index is 11.9. The molecule has 1 aromatic rings. The molecule has 1 amide bonds. The summed E-state index contributed by atoms with van der Waals surface area (Å²) in [6.07, 6.45) is 0.276. The number of benzene rings is 1. The first-order valence-electron chi connectivity index (χ1n) is 5.89. The Balaban J connectivity index is 2.46. The highest BCUT2D eigenvalue weighted by Gasteiger charge is 2.31. The van der Waals surface area contributed by atoms with Crippen molar-refractivity contribution in [3.05, 3.63) is 23.8 Å². The summed E-state index contributed by atoms with van der Waals surface area (Å²) >= 11 is 0. The summed E-state index contributed by atoms with van der Waals surface area (Å²) in [7, 11) is 2.82. The number of carbonyl (C=O) groups is 2. The van der Waals surface area contributed by atoms with Crippen molar-refractivity contribution in [1.29, 1.82) is 0 Å². The van der Waals surface area contributed by atoms with E-state index in [0.29, 0.717) is 23.5 Å². The average molecular weight is 264 g/mol. The minimum Gasteiger partial charge on any atom is -0.497 e. The molecule has 1 fully saturated rings. The molecule has 0 bridgehead atoms. The average Bonchev–Trinajstić information content (AvgIpc) is 2.76. The second-order valence-electron chi connectivity index (χ2n) is 4.34. The monoisotopic (exact) mass is 264 g/mol. The Morgan fingerprint density at radius 2 is 2.16 bits per heavy atom. The Hall–Kier alpha value is -2.08. The predicted molar refractivity (Wildman–Crippen MR) is 69.3 cm³/mol. The lowest BCUT2D eigenvalue weighted by Crippen LogP contribution is -2.29. The SMILES string of the molecule is COC(=O)c1ccc(OC)cc1N1CC(N)CC1=O. The van der Waals surface area contributed by atoms with E-state index in [-0.39, 0.29) is 18.4 Å². The molecule has 6 nitrogen and oxygen atoms in total. The maximum Gasteiger partial charge on any atom is 0.339 e.